The molecule has 0 amide bonds. The molecular weight excluding hydrogens is 359 g/mol. The van der Waals surface area contributed by atoms with Gasteiger partial charge in [-0.1, -0.05) is 0 Å². The first-order chi connectivity index (χ1) is 11.8. The maximum atomic E-state index is 12.6. The zero-order valence-electron chi connectivity index (χ0n) is 12.8. The van der Waals surface area contributed by atoms with Gasteiger partial charge in [0, 0.05) is 18.2 Å². The lowest BCUT2D eigenvalue weighted by Gasteiger charge is -2.12. The van der Waals surface area contributed by atoms with Crippen LogP contribution in [0.4, 0.5) is 18.9 Å². The summed E-state index contributed by atoms with van der Waals surface area (Å²) in [7, 11) is -3.97. The zero-order chi connectivity index (χ0) is 18.1. The molecule has 0 saturated heterocycles. The van der Waals surface area contributed by atoms with Crippen LogP contribution in [0.25, 0.3) is 0 Å². The van der Waals surface area contributed by atoms with Crippen LogP contribution in [0.3, 0.4) is 0 Å². The van der Waals surface area contributed by atoms with Crippen LogP contribution < -0.4 is 14.2 Å². The van der Waals surface area contributed by atoms with Crippen molar-refractivity contribution in [3.63, 3.8) is 0 Å². The summed E-state index contributed by atoms with van der Waals surface area (Å²) in [6, 6.07) is 7.90. The van der Waals surface area contributed by atoms with Crippen LogP contribution in [0, 0.1) is 0 Å². The van der Waals surface area contributed by atoms with Gasteiger partial charge in [-0.3, -0.25) is 4.72 Å². The molecule has 0 radical (unpaired) electrons. The summed E-state index contributed by atoms with van der Waals surface area (Å²) in [6.45, 7) is 0.881. The molecule has 0 atom stereocenters. The van der Waals surface area contributed by atoms with E-state index < -0.39 is 21.8 Å². The van der Waals surface area contributed by atoms with Crippen molar-refractivity contribution in [3.05, 3.63) is 48.0 Å². The number of halogens is 3. The van der Waals surface area contributed by atoms with Crippen molar-refractivity contribution < 1.29 is 31.1 Å². The van der Waals surface area contributed by atoms with Crippen molar-refractivity contribution in [3.8, 4) is 11.5 Å². The van der Waals surface area contributed by atoms with E-state index in [0.717, 1.165) is 24.3 Å². The van der Waals surface area contributed by atoms with Gasteiger partial charge in [-0.05, 0) is 36.4 Å². The standard InChI is InChI=1S/C16H14F3NO4S/c17-16(18,19)11-2-4-12(5-3-11)20-25(21,22)13-6-7-14-15(10-13)24-9-1-8-23-14/h2-7,10,20H,1,8-9H2. The highest BCUT2D eigenvalue weighted by molar-refractivity contribution is 7.92. The highest BCUT2D eigenvalue weighted by Gasteiger charge is 2.30. The average molecular weight is 373 g/mol. The number of fused-ring (bicyclic) bond motifs is 1. The lowest BCUT2D eigenvalue weighted by atomic mass is 10.2. The predicted octanol–water partition coefficient (Wildman–Crippen LogP) is 3.67. The molecule has 0 saturated carbocycles. The quantitative estimate of drug-likeness (QED) is 0.892. The molecular formula is C16H14F3NO4S. The molecule has 2 aromatic carbocycles. The number of alkyl halides is 3. The molecule has 1 N–H and O–H groups in total. The van der Waals surface area contributed by atoms with Crippen molar-refractivity contribution in [1.82, 2.24) is 0 Å². The number of sulfonamides is 1. The van der Waals surface area contributed by atoms with Crippen LogP contribution in [-0.2, 0) is 16.2 Å². The summed E-state index contributed by atoms with van der Waals surface area (Å²) in [5.74, 6) is 0.763. The molecule has 0 spiro atoms. The third-order valence-corrected chi connectivity index (χ3v) is 4.87. The minimum Gasteiger partial charge on any atom is -0.490 e. The third-order valence-electron chi connectivity index (χ3n) is 3.49. The normalized spacial score (nSPS) is 14.7. The highest BCUT2D eigenvalue weighted by Crippen LogP contribution is 2.33. The van der Waals surface area contributed by atoms with Crippen LogP contribution >= 0.6 is 0 Å². The Bertz CT molecular complexity index is 864. The second-order valence-electron chi connectivity index (χ2n) is 5.34. The molecule has 1 aliphatic heterocycles. The summed E-state index contributed by atoms with van der Waals surface area (Å²) in [6.07, 6.45) is -3.80. The van der Waals surface area contributed by atoms with Gasteiger partial charge in [0.15, 0.2) is 11.5 Å². The van der Waals surface area contributed by atoms with Crippen molar-refractivity contribution in [1.29, 1.82) is 0 Å². The number of rotatable bonds is 3. The Morgan fingerprint density at radius 3 is 2.20 bits per heavy atom. The molecule has 3 rings (SSSR count). The summed E-state index contributed by atoms with van der Waals surface area (Å²) in [5, 5.41) is 0. The monoisotopic (exact) mass is 373 g/mol. The van der Waals surface area contributed by atoms with Gasteiger partial charge in [0.05, 0.1) is 23.7 Å². The van der Waals surface area contributed by atoms with Gasteiger partial charge in [0.2, 0.25) is 0 Å². The maximum absolute atomic E-state index is 12.6. The Balaban J connectivity index is 1.83. The highest BCUT2D eigenvalue weighted by atomic mass is 32.2. The lowest BCUT2D eigenvalue weighted by molar-refractivity contribution is -0.137. The fourth-order valence-electron chi connectivity index (χ4n) is 2.25. The van der Waals surface area contributed by atoms with Crippen molar-refractivity contribution in [2.75, 3.05) is 17.9 Å². The second-order valence-corrected chi connectivity index (χ2v) is 7.02. The molecule has 2 aromatic rings. The van der Waals surface area contributed by atoms with E-state index in [1.807, 2.05) is 0 Å². The van der Waals surface area contributed by atoms with Crippen molar-refractivity contribution >= 4 is 15.7 Å². The summed E-state index contributed by atoms with van der Waals surface area (Å²) in [4.78, 5) is -0.0725. The summed E-state index contributed by atoms with van der Waals surface area (Å²) < 4.78 is 75.6. The van der Waals surface area contributed by atoms with Crippen molar-refractivity contribution in [2.45, 2.75) is 17.5 Å². The van der Waals surface area contributed by atoms with Crippen LogP contribution in [0.2, 0.25) is 0 Å². The minimum absolute atomic E-state index is 0.0279. The van der Waals surface area contributed by atoms with E-state index in [2.05, 4.69) is 4.72 Å². The van der Waals surface area contributed by atoms with E-state index in [9.17, 15) is 21.6 Å². The van der Waals surface area contributed by atoms with Crippen LogP contribution in [-0.4, -0.2) is 21.6 Å². The smallest absolute Gasteiger partial charge is 0.416 e. The Hall–Kier alpha value is -2.42. The summed E-state index contributed by atoms with van der Waals surface area (Å²) in [5.41, 5.74) is -0.828. The number of ether oxygens (including phenoxy) is 2. The van der Waals surface area contributed by atoms with Crippen LogP contribution in [0.15, 0.2) is 47.4 Å². The average Bonchev–Trinajstić information content (AvgIpc) is 2.78. The topological polar surface area (TPSA) is 64.6 Å². The van der Waals surface area contributed by atoms with Gasteiger partial charge in [-0.2, -0.15) is 13.2 Å². The van der Waals surface area contributed by atoms with E-state index in [4.69, 9.17) is 9.47 Å². The second kappa shape index (κ2) is 6.47. The molecule has 0 aliphatic carbocycles. The largest absolute Gasteiger partial charge is 0.490 e. The Morgan fingerprint density at radius 2 is 1.56 bits per heavy atom. The molecule has 134 valence electrons. The van der Waals surface area contributed by atoms with Crippen molar-refractivity contribution in [2.24, 2.45) is 0 Å². The van der Waals surface area contributed by atoms with Gasteiger partial charge >= 0.3 is 6.18 Å². The fourth-order valence-corrected chi connectivity index (χ4v) is 3.33. The molecule has 1 aliphatic rings. The molecule has 25 heavy (non-hydrogen) atoms. The number of hydrogen-bond acceptors (Lipinski definition) is 4. The van der Waals surface area contributed by atoms with Gasteiger partial charge in [0.1, 0.15) is 0 Å². The molecule has 0 aromatic heterocycles. The van der Waals surface area contributed by atoms with Gasteiger partial charge < -0.3 is 9.47 Å². The molecule has 0 bridgehead atoms. The van der Waals surface area contributed by atoms with E-state index in [-0.39, 0.29) is 10.6 Å². The number of hydrogen-bond donors (Lipinski definition) is 1. The van der Waals surface area contributed by atoms with E-state index in [0.29, 0.717) is 31.1 Å². The number of nitrogens with one attached hydrogen (secondary N) is 1. The number of anilines is 1. The maximum Gasteiger partial charge on any atom is 0.416 e. The summed E-state index contributed by atoms with van der Waals surface area (Å²) >= 11 is 0. The molecule has 5 nitrogen and oxygen atoms in total. The Kier molecular flexibility index (Phi) is 4.51. The van der Waals surface area contributed by atoms with E-state index in [1.165, 1.54) is 18.2 Å². The van der Waals surface area contributed by atoms with Crippen LogP contribution in [0.1, 0.15) is 12.0 Å². The molecule has 1 heterocycles. The molecule has 0 unspecified atom stereocenters. The predicted molar refractivity (Wildman–Crippen MR) is 84.3 cm³/mol. The van der Waals surface area contributed by atoms with E-state index in [1.54, 1.807) is 0 Å². The Labute approximate surface area is 142 Å². The lowest BCUT2D eigenvalue weighted by Crippen LogP contribution is -2.13. The SMILES string of the molecule is O=S(=O)(Nc1ccc(C(F)(F)F)cc1)c1ccc2c(c1)OCCCO2. The van der Waals surface area contributed by atoms with Gasteiger partial charge in [-0.25, -0.2) is 8.42 Å². The Morgan fingerprint density at radius 1 is 0.920 bits per heavy atom. The van der Waals surface area contributed by atoms with Gasteiger partial charge in [0.25, 0.3) is 10.0 Å². The minimum atomic E-state index is -4.48. The zero-order valence-corrected chi connectivity index (χ0v) is 13.7. The molecule has 0 fully saturated rings. The number of benzene rings is 2. The first-order valence-corrected chi connectivity index (χ1v) is 8.84. The molecule has 9 heteroatoms. The third kappa shape index (κ3) is 3.98. The fraction of sp³-hybridized carbons (Fsp3) is 0.250. The van der Waals surface area contributed by atoms with Gasteiger partial charge in [-0.15, -0.1) is 0 Å². The first kappa shape index (κ1) is 17.4. The van der Waals surface area contributed by atoms with Crippen LogP contribution in [0.5, 0.6) is 11.5 Å². The first-order valence-electron chi connectivity index (χ1n) is 7.35. The van der Waals surface area contributed by atoms with E-state index >= 15 is 0 Å².